The fraction of sp³-hybridized carbons (Fsp3) is 0.286. The summed E-state index contributed by atoms with van der Waals surface area (Å²) in [5.74, 6) is 0.0251. The lowest BCUT2D eigenvalue weighted by Gasteiger charge is -2.29. The van der Waals surface area contributed by atoms with E-state index in [1.807, 2.05) is 30.0 Å². The standard InChI is InChI=1S/C14H15N3OS/c1-9-16-8-13(19-9)14(18)17-6-2-3-10-4-5-11(15)7-12(10)17/h4-5,7-8H,2-3,6,15H2,1H3. The van der Waals surface area contributed by atoms with Crippen LogP contribution in [0.2, 0.25) is 0 Å². The summed E-state index contributed by atoms with van der Waals surface area (Å²) in [6.07, 6.45) is 3.64. The molecular formula is C14H15N3OS. The van der Waals surface area contributed by atoms with Gasteiger partial charge in [-0.1, -0.05) is 6.07 Å². The van der Waals surface area contributed by atoms with Gasteiger partial charge in [0.05, 0.1) is 11.2 Å². The molecule has 5 heteroatoms. The van der Waals surface area contributed by atoms with E-state index in [0.717, 1.165) is 30.1 Å². The first-order valence-corrected chi connectivity index (χ1v) is 7.09. The maximum Gasteiger partial charge on any atom is 0.269 e. The van der Waals surface area contributed by atoms with Crippen LogP contribution in [0, 0.1) is 6.92 Å². The number of carbonyl (C=O) groups is 1. The molecule has 2 heterocycles. The fourth-order valence-electron chi connectivity index (χ4n) is 2.40. The van der Waals surface area contributed by atoms with E-state index in [2.05, 4.69) is 4.98 Å². The monoisotopic (exact) mass is 273 g/mol. The van der Waals surface area contributed by atoms with Gasteiger partial charge in [0.1, 0.15) is 4.88 Å². The molecule has 0 aliphatic carbocycles. The molecule has 1 amide bonds. The summed E-state index contributed by atoms with van der Waals surface area (Å²) in [6.45, 7) is 2.65. The Labute approximate surface area is 115 Å². The van der Waals surface area contributed by atoms with Crippen molar-refractivity contribution in [1.29, 1.82) is 0 Å². The number of aromatic nitrogens is 1. The Kier molecular flexibility index (Phi) is 2.98. The molecule has 0 spiro atoms. The summed E-state index contributed by atoms with van der Waals surface area (Å²) < 4.78 is 0. The summed E-state index contributed by atoms with van der Waals surface area (Å²) in [7, 11) is 0. The molecule has 0 radical (unpaired) electrons. The highest BCUT2D eigenvalue weighted by Gasteiger charge is 2.24. The van der Waals surface area contributed by atoms with Gasteiger partial charge in [-0.2, -0.15) is 0 Å². The Hall–Kier alpha value is -1.88. The van der Waals surface area contributed by atoms with Crippen LogP contribution in [0.15, 0.2) is 24.4 Å². The third-order valence-electron chi connectivity index (χ3n) is 3.31. The Bertz CT molecular complexity index is 635. The molecule has 19 heavy (non-hydrogen) atoms. The number of amides is 1. The van der Waals surface area contributed by atoms with Crippen molar-refractivity contribution < 1.29 is 4.79 Å². The van der Waals surface area contributed by atoms with Crippen LogP contribution in [0.5, 0.6) is 0 Å². The van der Waals surface area contributed by atoms with E-state index in [-0.39, 0.29) is 5.91 Å². The topological polar surface area (TPSA) is 59.2 Å². The molecule has 0 fully saturated rings. The number of carbonyl (C=O) groups excluding carboxylic acids is 1. The van der Waals surface area contributed by atoms with Crippen LogP contribution >= 0.6 is 11.3 Å². The molecule has 4 nitrogen and oxygen atoms in total. The summed E-state index contributed by atoms with van der Waals surface area (Å²) in [4.78, 5) is 19.2. The average molecular weight is 273 g/mol. The molecule has 0 unspecified atom stereocenters. The first-order valence-electron chi connectivity index (χ1n) is 6.28. The van der Waals surface area contributed by atoms with E-state index in [1.165, 1.54) is 16.9 Å². The first-order chi connectivity index (χ1) is 9.15. The largest absolute Gasteiger partial charge is 0.399 e. The number of aryl methyl sites for hydroxylation is 2. The fourth-order valence-corrected chi connectivity index (χ4v) is 3.12. The highest BCUT2D eigenvalue weighted by atomic mass is 32.1. The number of hydrogen-bond acceptors (Lipinski definition) is 4. The number of thiazole rings is 1. The van der Waals surface area contributed by atoms with Crippen molar-refractivity contribution in [1.82, 2.24) is 4.98 Å². The lowest BCUT2D eigenvalue weighted by atomic mass is 10.0. The van der Waals surface area contributed by atoms with E-state index >= 15 is 0 Å². The van der Waals surface area contributed by atoms with E-state index in [9.17, 15) is 4.79 Å². The molecule has 1 aromatic heterocycles. The Morgan fingerprint density at radius 2 is 2.32 bits per heavy atom. The van der Waals surface area contributed by atoms with E-state index in [4.69, 9.17) is 5.73 Å². The normalized spacial score (nSPS) is 14.3. The minimum atomic E-state index is 0.0251. The van der Waals surface area contributed by atoms with Gasteiger partial charge in [0, 0.05) is 17.9 Å². The minimum absolute atomic E-state index is 0.0251. The highest BCUT2D eigenvalue weighted by molar-refractivity contribution is 7.13. The van der Waals surface area contributed by atoms with Gasteiger partial charge in [-0.05, 0) is 37.5 Å². The van der Waals surface area contributed by atoms with E-state index in [0.29, 0.717) is 10.6 Å². The van der Waals surface area contributed by atoms with Crippen LogP contribution < -0.4 is 10.6 Å². The predicted octanol–water partition coefficient (Wildman–Crippen LogP) is 2.63. The summed E-state index contributed by atoms with van der Waals surface area (Å²) in [5.41, 5.74) is 8.67. The molecule has 1 aliphatic heterocycles. The molecule has 98 valence electrons. The first kappa shape index (κ1) is 12.2. The molecule has 2 aromatic rings. The van der Waals surface area contributed by atoms with Crippen LogP contribution in [-0.4, -0.2) is 17.4 Å². The third kappa shape index (κ3) is 2.21. The van der Waals surface area contributed by atoms with Crippen molar-refractivity contribution in [2.45, 2.75) is 19.8 Å². The van der Waals surface area contributed by atoms with Crippen molar-refractivity contribution in [2.24, 2.45) is 0 Å². The average Bonchev–Trinajstić information content (AvgIpc) is 2.84. The van der Waals surface area contributed by atoms with Gasteiger partial charge in [0.25, 0.3) is 5.91 Å². The Morgan fingerprint density at radius 1 is 1.47 bits per heavy atom. The van der Waals surface area contributed by atoms with Crippen molar-refractivity contribution in [3.8, 4) is 0 Å². The SMILES string of the molecule is Cc1ncc(C(=O)N2CCCc3ccc(N)cc32)s1. The quantitative estimate of drug-likeness (QED) is 0.813. The zero-order chi connectivity index (χ0) is 13.4. The molecule has 3 rings (SSSR count). The van der Waals surface area contributed by atoms with Gasteiger partial charge in [-0.3, -0.25) is 4.79 Å². The smallest absolute Gasteiger partial charge is 0.269 e. The van der Waals surface area contributed by atoms with Crippen molar-refractivity contribution in [2.75, 3.05) is 17.2 Å². The number of hydrogen-bond donors (Lipinski definition) is 1. The molecule has 0 saturated heterocycles. The third-order valence-corrected chi connectivity index (χ3v) is 4.21. The van der Waals surface area contributed by atoms with Gasteiger partial charge in [-0.15, -0.1) is 11.3 Å². The Balaban J connectivity index is 1.99. The Morgan fingerprint density at radius 3 is 3.05 bits per heavy atom. The molecular weight excluding hydrogens is 258 g/mol. The molecule has 0 saturated carbocycles. The zero-order valence-corrected chi connectivity index (χ0v) is 11.5. The van der Waals surface area contributed by atoms with E-state index < -0.39 is 0 Å². The highest BCUT2D eigenvalue weighted by Crippen LogP contribution is 2.31. The van der Waals surface area contributed by atoms with Gasteiger partial charge >= 0.3 is 0 Å². The van der Waals surface area contributed by atoms with Crippen LogP contribution in [0.3, 0.4) is 0 Å². The lowest BCUT2D eigenvalue weighted by Crippen LogP contribution is -2.35. The maximum atomic E-state index is 12.5. The van der Waals surface area contributed by atoms with Gasteiger partial charge in [0.15, 0.2) is 0 Å². The van der Waals surface area contributed by atoms with Gasteiger partial charge < -0.3 is 10.6 Å². The second-order valence-corrected chi connectivity index (χ2v) is 5.93. The predicted molar refractivity (Wildman–Crippen MR) is 77.7 cm³/mol. The minimum Gasteiger partial charge on any atom is -0.399 e. The zero-order valence-electron chi connectivity index (χ0n) is 10.7. The number of fused-ring (bicyclic) bond motifs is 1. The molecule has 1 aliphatic rings. The molecule has 1 aromatic carbocycles. The van der Waals surface area contributed by atoms with Crippen molar-refractivity contribution in [3.63, 3.8) is 0 Å². The number of nitrogens with two attached hydrogens (primary N) is 1. The van der Waals surface area contributed by atoms with Gasteiger partial charge in [0.2, 0.25) is 0 Å². The number of nitrogens with zero attached hydrogens (tertiary/aromatic N) is 2. The van der Waals surface area contributed by atoms with Crippen LogP contribution in [0.25, 0.3) is 0 Å². The van der Waals surface area contributed by atoms with Crippen LogP contribution in [0.1, 0.15) is 26.7 Å². The van der Waals surface area contributed by atoms with Crippen molar-refractivity contribution in [3.05, 3.63) is 39.8 Å². The second kappa shape index (κ2) is 4.66. The number of nitrogen functional groups attached to an aromatic ring is 1. The maximum absolute atomic E-state index is 12.5. The second-order valence-electron chi connectivity index (χ2n) is 4.69. The lowest BCUT2D eigenvalue weighted by molar-refractivity contribution is 0.0989. The summed E-state index contributed by atoms with van der Waals surface area (Å²) in [5, 5.41) is 0.910. The number of rotatable bonds is 1. The van der Waals surface area contributed by atoms with Crippen LogP contribution in [-0.2, 0) is 6.42 Å². The van der Waals surface area contributed by atoms with Crippen LogP contribution in [0.4, 0.5) is 11.4 Å². The summed E-state index contributed by atoms with van der Waals surface area (Å²) >= 11 is 1.43. The van der Waals surface area contributed by atoms with Crippen molar-refractivity contribution >= 4 is 28.6 Å². The molecule has 0 bridgehead atoms. The number of benzene rings is 1. The molecule has 0 atom stereocenters. The van der Waals surface area contributed by atoms with Gasteiger partial charge in [-0.25, -0.2) is 4.98 Å². The summed E-state index contributed by atoms with van der Waals surface area (Å²) in [6, 6.07) is 5.80. The number of anilines is 2. The molecule has 2 N–H and O–H groups in total. The van der Waals surface area contributed by atoms with E-state index in [1.54, 1.807) is 6.20 Å².